The van der Waals surface area contributed by atoms with E-state index in [0.29, 0.717) is 5.69 Å². The number of nitrogens with one attached hydrogen (secondary N) is 3. The summed E-state index contributed by atoms with van der Waals surface area (Å²) < 4.78 is 0. The quantitative estimate of drug-likeness (QED) is 0.273. The Morgan fingerprint density at radius 2 is 1.57 bits per heavy atom. The molecule has 3 aromatic carbocycles. The number of thiophene rings is 1. The van der Waals surface area contributed by atoms with Crippen molar-refractivity contribution in [1.82, 2.24) is 5.32 Å². The number of fused-ring (bicyclic) bond motifs is 1. The average Bonchev–Trinajstić information content (AvgIpc) is 3.34. The van der Waals surface area contributed by atoms with Crippen LogP contribution in [0.2, 0.25) is 0 Å². The van der Waals surface area contributed by atoms with Crippen LogP contribution in [0.3, 0.4) is 0 Å². The van der Waals surface area contributed by atoms with Crippen molar-refractivity contribution in [2.24, 2.45) is 0 Å². The highest BCUT2D eigenvalue weighted by molar-refractivity contribution is 7.09. The monoisotopic (exact) mass is 487 g/mol. The Bertz CT molecular complexity index is 1380. The van der Waals surface area contributed by atoms with E-state index in [1.165, 1.54) is 11.3 Å². The summed E-state index contributed by atoms with van der Waals surface area (Å²) in [6.07, 6.45) is 0.169. The standard InChI is InChI=1S/C27H25N3O4S/c1-16-7-5-8-17(2)24(16)30-27(34)29-22-14-19-10-4-3-9-18(19)13-21(22)25(31)28-23(26(32)33)15-20-11-6-12-35-20/h3-14,23H,15H2,1-2H3,(H,28,31)(H,32,33)(H2,29,30,34)/t23-/m0/s1. The van der Waals surface area contributed by atoms with Crippen molar-refractivity contribution >= 4 is 51.4 Å². The molecule has 35 heavy (non-hydrogen) atoms. The molecule has 0 aliphatic carbocycles. The van der Waals surface area contributed by atoms with Gasteiger partial charge in [0.15, 0.2) is 0 Å². The van der Waals surface area contributed by atoms with Crippen molar-refractivity contribution in [2.45, 2.75) is 26.3 Å². The van der Waals surface area contributed by atoms with Crippen LogP contribution >= 0.6 is 11.3 Å². The average molecular weight is 488 g/mol. The van der Waals surface area contributed by atoms with E-state index in [2.05, 4.69) is 16.0 Å². The molecule has 0 aliphatic heterocycles. The van der Waals surface area contributed by atoms with E-state index in [4.69, 9.17) is 0 Å². The number of urea groups is 1. The summed E-state index contributed by atoms with van der Waals surface area (Å²) in [6.45, 7) is 3.80. The third-order valence-electron chi connectivity index (χ3n) is 5.69. The molecule has 0 aliphatic rings. The van der Waals surface area contributed by atoms with Gasteiger partial charge in [-0.2, -0.15) is 0 Å². The Hall–Kier alpha value is -4.17. The Balaban J connectivity index is 1.63. The maximum Gasteiger partial charge on any atom is 0.326 e. The predicted octanol–water partition coefficient (Wildman–Crippen LogP) is 5.59. The summed E-state index contributed by atoms with van der Waals surface area (Å²) in [5.41, 5.74) is 2.98. The van der Waals surface area contributed by atoms with Crippen LogP contribution in [0.25, 0.3) is 10.8 Å². The molecule has 0 spiro atoms. The van der Waals surface area contributed by atoms with Crippen molar-refractivity contribution in [3.05, 3.63) is 93.7 Å². The van der Waals surface area contributed by atoms with Gasteiger partial charge in [0.25, 0.3) is 5.91 Å². The summed E-state index contributed by atoms with van der Waals surface area (Å²) in [7, 11) is 0. The predicted molar refractivity (Wildman–Crippen MR) is 139 cm³/mol. The van der Waals surface area contributed by atoms with Gasteiger partial charge in [-0.3, -0.25) is 4.79 Å². The van der Waals surface area contributed by atoms with Gasteiger partial charge in [-0.1, -0.05) is 48.5 Å². The molecule has 1 aromatic heterocycles. The first-order valence-electron chi connectivity index (χ1n) is 11.0. The van der Waals surface area contributed by atoms with Crippen molar-refractivity contribution in [3.63, 3.8) is 0 Å². The fourth-order valence-corrected chi connectivity index (χ4v) is 4.63. The number of carboxylic acid groups (broad SMARTS) is 1. The highest BCUT2D eigenvalue weighted by Gasteiger charge is 2.24. The van der Waals surface area contributed by atoms with E-state index in [1.807, 2.05) is 73.8 Å². The van der Waals surface area contributed by atoms with Gasteiger partial charge < -0.3 is 21.1 Å². The zero-order valence-corrected chi connectivity index (χ0v) is 20.1. The number of carbonyl (C=O) groups is 3. The third kappa shape index (κ3) is 5.67. The van der Waals surface area contributed by atoms with E-state index < -0.39 is 23.9 Å². The summed E-state index contributed by atoms with van der Waals surface area (Å²) in [4.78, 5) is 38.8. The summed E-state index contributed by atoms with van der Waals surface area (Å²) in [6, 6.07) is 18.6. The topological polar surface area (TPSA) is 108 Å². The van der Waals surface area contributed by atoms with E-state index in [-0.39, 0.29) is 17.7 Å². The van der Waals surface area contributed by atoms with Gasteiger partial charge in [-0.05, 0) is 59.3 Å². The van der Waals surface area contributed by atoms with Gasteiger partial charge in [0, 0.05) is 17.0 Å². The number of hydrogen-bond acceptors (Lipinski definition) is 4. The fourth-order valence-electron chi connectivity index (χ4n) is 3.88. The first-order chi connectivity index (χ1) is 16.8. The normalized spacial score (nSPS) is 11.6. The number of rotatable bonds is 7. The van der Waals surface area contributed by atoms with Gasteiger partial charge >= 0.3 is 12.0 Å². The lowest BCUT2D eigenvalue weighted by Crippen LogP contribution is -2.42. The molecule has 4 N–H and O–H groups in total. The van der Waals surface area contributed by atoms with E-state index >= 15 is 0 Å². The lowest BCUT2D eigenvalue weighted by atomic mass is 10.0. The van der Waals surface area contributed by atoms with Crippen LogP contribution in [0.5, 0.6) is 0 Å². The van der Waals surface area contributed by atoms with Gasteiger partial charge in [-0.15, -0.1) is 11.3 Å². The van der Waals surface area contributed by atoms with Gasteiger partial charge in [0.1, 0.15) is 6.04 Å². The highest BCUT2D eigenvalue weighted by atomic mass is 32.1. The van der Waals surface area contributed by atoms with Crippen LogP contribution in [0.1, 0.15) is 26.4 Å². The molecule has 0 saturated carbocycles. The number of amides is 3. The first kappa shape index (κ1) is 24.0. The van der Waals surface area contributed by atoms with E-state index in [9.17, 15) is 19.5 Å². The Labute approximate surface area is 206 Å². The maximum absolute atomic E-state index is 13.3. The molecule has 4 rings (SSSR count). The van der Waals surface area contributed by atoms with Crippen LogP contribution in [0.4, 0.5) is 16.2 Å². The minimum atomic E-state index is -1.13. The number of aryl methyl sites for hydroxylation is 2. The second-order valence-corrected chi connectivity index (χ2v) is 9.27. The molecular formula is C27H25N3O4S. The lowest BCUT2D eigenvalue weighted by Gasteiger charge is -2.18. The second-order valence-electron chi connectivity index (χ2n) is 8.24. The zero-order chi connectivity index (χ0) is 24.9. The van der Waals surface area contributed by atoms with Crippen LogP contribution in [-0.4, -0.2) is 29.1 Å². The van der Waals surface area contributed by atoms with Crippen molar-refractivity contribution < 1.29 is 19.5 Å². The number of hydrogen-bond donors (Lipinski definition) is 4. The molecule has 1 atom stereocenters. The van der Waals surface area contributed by atoms with Gasteiger partial charge in [0.2, 0.25) is 0 Å². The van der Waals surface area contributed by atoms with Gasteiger partial charge in [-0.25, -0.2) is 9.59 Å². The van der Waals surface area contributed by atoms with Crippen LogP contribution < -0.4 is 16.0 Å². The smallest absolute Gasteiger partial charge is 0.326 e. The largest absolute Gasteiger partial charge is 0.480 e. The summed E-state index contributed by atoms with van der Waals surface area (Å²) >= 11 is 1.43. The van der Waals surface area contributed by atoms with Crippen LogP contribution in [-0.2, 0) is 11.2 Å². The first-order valence-corrected chi connectivity index (χ1v) is 11.9. The number of benzene rings is 3. The minimum absolute atomic E-state index is 0.169. The summed E-state index contributed by atoms with van der Waals surface area (Å²) in [5, 5.41) is 21.4. The van der Waals surface area contributed by atoms with Crippen molar-refractivity contribution in [1.29, 1.82) is 0 Å². The molecule has 4 aromatic rings. The second kappa shape index (κ2) is 10.4. The minimum Gasteiger partial charge on any atom is -0.480 e. The Morgan fingerprint density at radius 1 is 0.886 bits per heavy atom. The van der Waals surface area contributed by atoms with Crippen molar-refractivity contribution in [3.8, 4) is 0 Å². The van der Waals surface area contributed by atoms with Crippen molar-refractivity contribution in [2.75, 3.05) is 10.6 Å². The molecule has 3 amide bonds. The van der Waals surface area contributed by atoms with Gasteiger partial charge in [0.05, 0.1) is 11.3 Å². The number of para-hydroxylation sites is 1. The van der Waals surface area contributed by atoms with Crippen LogP contribution in [0, 0.1) is 13.8 Å². The third-order valence-corrected chi connectivity index (χ3v) is 6.59. The molecule has 0 radical (unpaired) electrons. The molecule has 8 heteroatoms. The molecule has 0 fully saturated rings. The Kier molecular flexibility index (Phi) is 7.12. The molecule has 178 valence electrons. The SMILES string of the molecule is Cc1cccc(C)c1NC(=O)Nc1cc2ccccc2cc1C(=O)N[C@@H](Cc1cccs1)C(=O)O. The van der Waals surface area contributed by atoms with E-state index in [1.54, 1.807) is 12.1 Å². The summed E-state index contributed by atoms with van der Waals surface area (Å²) in [5.74, 6) is -1.71. The maximum atomic E-state index is 13.3. The molecule has 0 bridgehead atoms. The Morgan fingerprint density at radius 3 is 2.20 bits per heavy atom. The highest BCUT2D eigenvalue weighted by Crippen LogP contribution is 2.26. The zero-order valence-electron chi connectivity index (χ0n) is 19.3. The molecule has 0 saturated heterocycles. The molecular weight excluding hydrogens is 462 g/mol. The molecule has 0 unspecified atom stereocenters. The molecule has 7 nitrogen and oxygen atoms in total. The molecule has 1 heterocycles. The number of carboxylic acids is 1. The number of aliphatic carboxylic acids is 1. The fraction of sp³-hybridized carbons (Fsp3) is 0.148. The van der Waals surface area contributed by atoms with E-state index in [0.717, 1.165) is 26.8 Å². The number of anilines is 2. The van der Waals surface area contributed by atoms with Crippen LogP contribution in [0.15, 0.2) is 72.1 Å². The lowest BCUT2D eigenvalue weighted by molar-refractivity contribution is -0.139. The number of carbonyl (C=O) groups excluding carboxylic acids is 2.